The van der Waals surface area contributed by atoms with Crippen LogP contribution in [-0.4, -0.2) is 15.0 Å². The van der Waals surface area contributed by atoms with Crippen molar-refractivity contribution in [2.24, 2.45) is 0 Å². The highest BCUT2D eigenvalue weighted by Crippen LogP contribution is 2.38. The minimum atomic E-state index is 0.696. The van der Waals surface area contributed by atoms with Gasteiger partial charge in [-0.25, -0.2) is 15.0 Å². The molecule has 4 heteroatoms. The number of aromatic nitrogens is 3. The van der Waals surface area contributed by atoms with Crippen LogP contribution in [0, 0.1) is 0 Å². The van der Waals surface area contributed by atoms with Crippen LogP contribution in [0.5, 0.6) is 0 Å². The second-order valence-corrected chi connectivity index (χ2v) is 13.1. The summed E-state index contributed by atoms with van der Waals surface area (Å²) in [5.41, 5.74) is 11.6. The smallest absolute Gasteiger partial charge is 0.160 e. The van der Waals surface area contributed by atoms with Gasteiger partial charge >= 0.3 is 0 Å². The largest absolute Gasteiger partial charge is 0.236 e. The first kappa shape index (κ1) is 29.0. The molecule has 0 N–H and O–H groups in total. The Morgan fingerprint density at radius 3 is 1.61 bits per heavy atom. The average Bonchev–Trinajstić information content (AvgIpc) is 3.64. The minimum absolute atomic E-state index is 0.696. The molecule has 0 spiro atoms. The van der Waals surface area contributed by atoms with E-state index in [4.69, 9.17) is 15.0 Å². The van der Waals surface area contributed by atoms with Gasteiger partial charge in [0.15, 0.2) is 5.82 Å². The molecule has 0 aliphatic carbocycles. The summed E-state index contributed by atoms with van der Waals surface area (Å²) in [5, 5.41) is 3.45. The van der Waals surface area contributed by atoms with E-state index in [9.17, 15) is 0 Å². The van der Waals surface area contributed by atoms with Crippen LogP contribution in [0.25, 0.3) is 87.7 Å². The molecule has 2 aromatic heterocycles. The van der Waals surface area contributed by atoms with Gasteiger partial charge in [0.1, 0.15) is 5.01 Å². The molecule has 3 nitrogen and oxygen atoms in total. The highest BCUT2D eigenvalue weighted by molar-refractivity contribution is 7.22. The fraction of sp³-hybridized carbons (Fsp3) is 0. The van der Waals surface area contributed by atoms with Crippen molar-refractivity contribution in [1.82, 2.24) is 15.0 Å². The topological polar surface area (TPSA) is 38.7 Å². The number of thiazole rings is 1. The lowest BCUT2D eigenvalue weighted by molar-refractivity contribution is 1.18. The fourth-order valence-corrected chi connectivity index (χ4v) is 7.49. The normalized spacial score (nSPS) is 11.3. The number of hydrogen-bond acceptors (Lipinski definition) is 4. The van der Waals surface area contributed by atoms with E-state index in [1.807, 2.05) is 18.2 Å². The Morgan fingerprint density at radius 1 is 0.347 bits per heavy atom. The molecule has 0 amide bonds. The standard InChI is InChI=1S/C45H29N3S/c1-4-12-30(13-5-1)34-18-10-20-37(26-34)42-29-41(32-14-6-2-7-15-32)46-44(47-42)38-21-11-19-35(27-38)36-23-22-31-24-25-40-43(39(31)28-36)49-45(48-40)33-16-8-3-9-17-33/h1-29H. The quantitative estimate of drug-likeness (QED) is 0.181. The van der Waals surface area contributed by atoms with E-state index in [1.165, 1.54) is 21.0 Å². The predicted molar refractivity (Wildman–Crippen MR) is 205 cm³/mol. The number of hydrogen-bond donors (Lipinski definition) is 0. The molecule has 0 saturated heterocycles. The van der Waals surface area contributed by atoms with E-state index >= 15 is 0 Å². The Hall–Kier alpha value is -6.23. The fourth-order valence-electron chi connectivity index (χ4n) is 6.40. The molecule has 0 saturated carbocycles. The second-order valence-electron chi connectivity index (χ2n) is 12.1. The van der Waals surface area contributed by atoms with E-state index < -0.39 is 0 Å². The molecule has 49 heavy (non-hydrogen) atoms. The molecule has 0 aliphatic heterocycles. The van der Waals surface area contributed by atoms with Crippen molar-refractivity contribution in [2.45, 2.75) is 0 Å². The maximum Gasteiger partial charge on any atom is 0.160 e. The van der Waals surface area contributed by atoms with Crippen LogP contribution in [0.3, 0.4) is 0 Å². The van der Waals surface area contributed by atoms with Crippen molar-refractivity contribution in [2.75, 3.05) is 0 Å². The van der Waals surface area contributed by atoms with Gasteiger partial charge in [0, 0.05) is 27.6 Å². The van der Waals surface area contributed by atoms with Crippen molar-refractivity contribution in [3.63, 3.8) is 0 Å². The molecule has 0 bridgehead atoms. The molecule has 0 radical (unpaired) electrons. The van der Waals surface area contributed by atoms with Crippen LogP contribution in [0.15, 0.2) is 176 Å². The Kier molecular flexibility index (Phi) is 7.34. The van der Waals surface area contributed by atoms with Crippen LogP contribution in [-0.2, 0) is 0 Å². The van der Waals surface area contributed by atoms with Gasteiger partial charge in [0.25, 0.3) is 0 Å². The first-order valence-electron chi connectivity index (χ1n) is 16.4. The third kappa shape index (κ3) is 5.69. The van der Waals surface area contributed by atoms with Crippen molar-refractivity contribution >= 4 is 32.3 Å². The monoisotopic (exact) mass is 643 g/mol. The van der Waals surface area contributed by atoms with Crippen LogP contribution >= 0.6 is 11.3 Å². The Labute approximate surface area is 288 Å². The van der Waals surface area contributed by atoms with Crippen molar-refractivity contribution in [1.29, 1.82) is 0 Å². The van der Waals surface area contributed by atoms with Gasteiger partial charge in [0.05, 0.1) is 21.6 Å². The van der Waals surface area contributed by atoms with Gasteiger partial charge in [-0.3, -0.25) is 0 Å². The lowest BCUT2D eigenvalue weighted by Crippen LogP contribution is -1.96. The molecule has 2 heterocycles. The first-order valence-corrected chi connectivity index (χ1v) is 17.2. The molecule has 0 unspecified atom stereocenters. The molecule has 0 atom stereocenters. The van der Waals surface area contributed by atoms with Crippen LogP contribution in [0.2, 0.25) is 0 Å². The van der Waals surface area contributed by atoms with Gasteiger partial charge in [0.2, 0.25) is 0 Å². The maximum atomic E-state index is 5.17. The molecular formula is C45H29N3S. The zero-order chi connectivity index (χ0) is 32.6. The molecule has 0 fully saturated rings. The third-order valence-electron chi connectivity index (χ3n) is 8.91. The Balaban J connectivity index is 1.15. The Morgan fingerprint density at radius 2 is 0.878 bits per heavy atom. The summed E-state index contributed by atoms with van der Waals surface area (Å²) < 4.78 is 1.20. The summed E-state index contributed by atoms with van der Waals surface area (Å²) in [7, 11) is 0. The summed E-state index contributed by atoms with van der Waals surface area (Å²) in [6, 6.07) is 61.5. The molecule has 9 rings (SSSR count). The van der Waals surface area contributed by atoms with Crippen molar-refractivity contribution in [3.8, 4) is 66.7 Å². The third-order valence-corrected chi connectivity index (χ3v) is 10.1. The number of benzene rings is 7. The van der Waals surface area contributed by atoms with E-state index in [1.54, 1.807) is 11.3 Å². The van der Waals surface area contributed by atoms with E-state index in [0.717, 1.165) is 60.9 Å². The van der Waals surface area contributed by atoms with Gasteiger partial charge in [-0.1, -0.05) is 146 Å². The lowest BCUT2D eigenvalue weighted by Gasteiger charge is -2.12. The highest BCUT2D eigenvalue weighted by Gasteiger charge is 2.14. The molecule has 7 aromatic carbocycles. The molecule has 230 valence electrons. The number of nitrogens with zero attached hydrogens (tertiary/aromatic N) is 3. The van der Waals surface area contributed by atoms with Crippen LogP contribution in [0.1, 0.15) is 0 Å². The van der Waals surface area contributed by atoms with Gasteiger partial charge in [-0.05, 0) is 58.0 Å². The number of fused-ring (bicyclic) bond motifs is 3. The summed E-state index contributed by atoms with van der Waals surface area (Å²) in [6.45, 7) is 0. The maximum absolute atomic E-state index is 5.17. The van der Waals surface area contributed by atoms with Gasteiger partial charge in [-0.2, -0.15) is 0 Å². The zero-order valence-corrected chi connectivity index (χ0v) is 27.3. The Bertz CT molecular complexity index is 2590. The summed E-state index contributed by atoms with van der Waals surface area (Å²) >= 11 is 1.75. The minimum Gasteiger partial charge on any atom is -0.236 e. The highest BCUT2D eigenvalue weighted by atomic mass is 32.1. The molecule has 0 aliphatic rings. The molecular weight excluding hydrogens is 615 g/mol. The summed E-state index contributed by atoms with van der Waals surface area (Å²) in [4.78, 5) is 15.3. The van der Waals surface area contributed by atoms with E-state index in [0.29, 0.717) is 5.82 Å². The van der Waals surface area contributed by atoms with Crippen LogP contribution < -0.4 is 0 Å². The van der Waals surface area contributed by atoms with Gasteiger partial charge in [-0.15, -0.1) is 11.3 Å². The number of rotatable bonds is 6. The first-order chi connectivity index (χ1) is 24.2. The SMILES string of the molecule is c1ccc(-c2cccc(-c3cc(-c4ccccc4)nc(-c4cccc(-c5ccc6ccc7nc(-c8ccccc8)sc7c6c5)c4)n3)c2)cc1. The second kappa shape index (κ2) is 12.4. The van der Waals surface area contributed by atoms with E-state index in [-0.39, 0.29) is 0 Å². The van der Waals surface area contributed by atoms with Crippen molar-refractivity contribution in [3.05, 3.63) is 176 Å². The van der Waals surface area contributed by atoms with Gasteiger partial charge < -0.3 is 0 Å². The summed E-state index contributed by atoms with van der Waals surface area (Å²) in [5.74, 6) is 0.696. The lowest BCUT2D eigenvalue weighted by atomic mass is 9.98. The summed E-state index contributed by atoms with van der Waals surface area (Å²) in [6.07, 6.45) is 0. The predicted octanol–water partition coefficient (Wildman–Crippen LogP) is 12.2. The van der Waals surface area contributed by atoms with Crippen molar-refractivity contribution < 1.29 is 0 Å². The van der Waals surface area contributed by atoms with E-state index in [2.05, 4.69) is 158 Å². The zero-order valence-electron chi connectivity index (χ0n) is 26.5. The average molecular weight is 644 g/mol. The van der Waals surface area contributed by atoms with Crippen LogP contribution in [0.4, 0.5) is 0 Å². The molecule has 9 aromatic rings.